The Bertz CT molecular complexity index is 1450. The van der Waals surface area contributed by atoms with Crippen LogP contribution < -0.4 is 19.8 Å². The van der Waals surface area contributed by atoms with E-state index in [9.17, 15) is 17.6 Å². The SMILES string of the molecule is CCCCC(=O)Nc1ccc(N2CCN(c3ccccc3F)CC2)c(S(=O)(=O)N[C@H]2CCCc3ccccc32)c1. The molecule has 1 aliphatic heterocycles. The fraction of sp³-hybridized carbons (Fsp3) is 0.387. The molecule has 1 saturated heterocycles. The van der Waals surface area contributed by atoms with E-state index in [2.05, 4.69) is 16.1 Å². The number of rotatable bonds is 9. The van der Waals surface area contributed by atoms with Gasteiger partial charge in [-0.15, -0.1) is 0 Å². The maximum absolute atomic E-state index is 14.4. The van der Waals surface area contributed by atoms with Crippen LogP contribution in [0.4, 0.5) is 21.5 Å². The lowest BCUT2D eigenvalue weighted by Crippen LogP contribution is -2.47. The van der Waals surface area contributed by atoms with Crippen molar-refractivity contribution in [3.05, 3.63) is 83.7 Å². The molecule has 0 unspecified atom stereocenters. The van der Waals surface area contributed by atoms with Gasteiger partial charge in [0.2, 0.25) is 15.9 Å². The van der Waals surface area contributed by atoms with Crippen LogP contribution in [0.25, 0.3) is 0 Å². The van der Waals surface area contributed by atoms with E-state index in [1.807, 2.05) is 41.0 Å². The standard InChI is InChI=1S/C31H37FN4O3S/c1-2-3-15-31(37)33-24-16-17-29(36-20-18-35(19-21-36)28-14-7-6-12-26(28)32)30(22-24)40(38,39)34-27-13-8-10-23-9-4-5-11-25(23)27/h4-7,9,11-12,14,16-17,22,27,34H,2-3,8,10,13,15,18-21H2,1H3,(H,33,37)/t27-/m0/s1. The minimum Gasteiger partial charge on any atom is -0.367 e. The lowest BCUT2D eigenvalue weighted by Gasteiger charge is -2.38. The number of aryl methyl sites for hydroxylation is 1. The first kappa shape index (κ1) is 28.1. The third kappa shape index (κ3) is 6.31. The molecule has 3 aromatic rings. The molecular formula is C31H37FN4O3S. The number of carbonyl (C=O) groups excluding carboxylic acids is 1. The molecule has 1 heterocycles. The highest BCUT2D eigenvalue weighted by Crippen LogP contribution is 2.35. The average molecular weight is 565 g/mol. The predicted octanol–water partition coefficient (Wildman–Crippen LogP) is 5.64. The summed E-state index contributed by atoms with van der Waals surface area (Å²) in [6, 6.07) is 19.5. The number of amides is 1. The lowest BCUT2D eigenvalue weighted by atomic mass is 9.88. The van der Waals surface area contributed by atoms with E-state index in [4.69, 9.17) is 0 Å². The average Bonchev–Trinajstić information content (AvgIpc) is 2.96. The number of nitrogens with zero attached hydrogens (tertiary/aromatic N) is 2. The number of unbranched alkanes of at least 4 members (excludes halogenated alkanes) is 1. The molecule has 1 atom stereocenters. The molecule has 212 valence electrons. The highest BCUT2D eigenvalue weighted by molar-refractivity contribution is 7.89. The van der Waals surface area contributed by atoms with Gasteiger partial charge in [0.25, 0.3) is 0 Å². The van der Waals surface area contributed by atoms with Gasteiger partial charge in [-0.2, -0.15) is 0 Å². The zero-order valence-corrected chi connectivity index (χ0v) is 23.7. The number of halogens is 1. The van der Waals surface area contributed by atoms with Crippen molar-refractivity contribution in [1.29, 1.82) is 0 Å². The van der Waals surface area contributed by atoms with Crippen LogP contribution in [-0.4, -0.2) is 40.5 Å². The minimum absolute atomic E-state index is 0.134. The van der Waals surface area contributed by atoms with Gasteiger partial charge in [0.1, 0.15) is 10.7 Å². The van der Waals surface area contributed by atoms with Gasteiger partial charge >= 0.3 is 0 Å². The van der Waals surface area contributed by atoms with Crippen molar-refractivity contribution in [3.63, 3.8) is 0 Å². The van der Waals surface area contributed by atoms with Crippen molar-refractivity contribution in [1.82, 2.24) is 4.72 Å². The largest absolute Gasteiger partial charge is 0.367 e. The summed E-state index contributed by atoms with van der Waals surface area (Å²) < 4.78 is 45.4. The summed E-state index contributed by atoms with van der Waals surface area (Å²) in [5.41, 5.74) is 3.78. The number of hydrogen-bond acceptors (Lipinski definition) is 5. The van der Waals surface area contributed by atoms with E-state index >= 15 is 0 Å². The molecule has 40 heavy (non-hydrogen) atoms. The molecular weight excluding hydrogens is 527 g/mol. The number of para-hydroxylation sites is 1. The fourth-order valence-corrected chi connectivity index (χ4v) is 7.15. The fourth-order valence-electron chi connectivity index (χ4n) is 5.65. The van der Waals surface area contributed by atoms with Gasteiger partial charge in [-0.1, -0.05) is 49.7 Å². The molecule has 2 N–H and O–H groups in total. The van der Waals surface area contributed by atoms with Gasteiger partial charge < -0.3 is 15.1 Å². The second kappa shape index (κ2) is 12.4. The van der Waals surface area contributed by atoms with E-state index in [0.717, 1.165) is 37.7 Å². The van der Waals surface area contributed by atoms with Crippen LogP contribution in [0.15, 0.2) is 71.6 Å². The van der Waals surface area contributed by atoms with E-state index in [0.29, 0.717) is 49.7 Å². The van der Waals surface area contributed by atoms with Crippen LogP contribution in [0, 0.1) is 5.82 Å². The molecule has 2 aliphatic rings. The van der Waals surface area contributed by atoms with Crippen LogP contribution in [0.3, 0.4) is 0 Å². The van der Waals surface area contributed by atoms with Gasteiger partial charge in [0.05, 0.1) is 11.4 Å². The van der Waals surface area contributed by atoms with Crippen molar-refractivity contribution in [2.24, 2.45) is 0 Å². The Morgan fingerprint density at radius 1 is 0.950 bits per heavy atom. The van der Waals surface area contributed by atoms with E-state index in [1.54, 1.807) is 30.3 Å². The first-order valence-corrected chi connectivity index (χ1v) is 15.6. The number of fused-ring (bicyclic) bond motifs is 1. The maximum atomic E-state index is 14.4. The molecule has 0 radical (unpaired) electrons. The first-order chi connectivity index (χ1) is 19.4. The van der Waals surface area contributed by atoms with Crippen LogP contribution >= 0.6 is 0 Å². The normalized spacial score (nSPS) is 17.4. The zero-order chi connectivity index (χ0) is 28.1. The van der Waals surface area contributed by atoms with Gasteiger partial charge in [-0.25, -0.2) is 17.5 Å². The van der Waals surface area contributed by atoms with Crippen LogP contribution in [0.2, 0.25) is 0 Å². The first-order valence-electron chi connectivity index (χ1n) is 14.1. The van der Waals surface area contributed by atoms with E-state index < -0.39 is 10.0 Å². The summed E-state index contributed by atoms with van der Waals surface area (Å²) in [5, 5.41) is 2.87. The smallest absolute Gasteiger partial charge is 0.243 e. The molecule has 1 amide bonds. The summed E-state index contributed by atoms with van der Waals surface area (Å²) in [4.78, 5) is 16.6. The van der Waals surface area contributed by atoms with Gasteiger partial charge in [0.15, 0.2) is 0 Å². The van der Waals surface area contributed by atoms with Crippen molar-refractivity contribution >= 4 is 33.0 Å². The van der Waals surface area contributed by atoms with Crippen molar-refractivity contribution < 1.29 is 17.6 Å². The number of anilines is 3. The molecule has 5 rings (SSSR count). The van der Waals surface area contributed by atoms with Gasteiger partial charge in [0, 0.05) is 44.3 Å². The quantitative estimate of drug-likeness (QED) is 0.352. The number of piperazine rings is 1. The number of benzene rings is 3. The summed E-state index contributed by atoms with van der Waals surface area (Å²) in [6.45, 7) is 4.20. The predicted molar refractivity (Wildman–Crippen MR) is 158 cm³/mol. The van der Waals surface area contributed by atoms with Crippen molar-refractivity contribution in [2.75, 3.05) is 41.3 Å². The molecule has 1 fully saturated rings. The molecule has 0 spiro atoms. The summed E-state index contributed by atoms with van der Waals surface area (Å²) in [5.74, 6) is -0.398. The van der Waals surface area contributed by atoms with Crippen LogP contribution in [0.1, 0.15) is 56.2 Å². The third-order valence-electron chi connectivity index (χ3n) is 7.77. The second-order valence-electron chi connectivity index (χ2n) is 10.5. The van der Waals surface area contributed by atoms with Crippen LogP contribution in [-0.2, 0) is 21.2 Å². The summed E-state index contributed by atoms with van der Waals surface area (Å²) in [7, 11) is -3.95. The van der Waals surface area contributed by atoms with Gasteiger partial charge in [-0.05, 0) is 67.1 Å². The Hall–Kier alpha value is -3.43. The van der Waals surface area contributed by atoms with Crippen molar-refractivity contribution in [3.8, 4) is 0 Å². The lowest BCUT2D eigenvalue weighted by molar-refractivity contribution is -0.116. The van der Waals surface area contributed by atoms with Crippen molar-refractivity contribution in [2.45, 2.75) is 56.4 Å². The number of hydrogen-bond donors (Lipinski definition) is 2. The Balaban J connectivity index is 1.42. The molecule has 9 heteroatoms. The van der Waals surface area contributed by atoms with Crippen LogP contribution in [0.5, 0.6) is 0 Å². The monoisotopic (exact) mass is 564 g/mol. The number of nitrogens with one attached hydrogen (secondary N) is 2. The molecule has 0 aromatic heterocycles. The third-order valence-corrected chi connectivity index (χ3v) is 9.27. The Morgan fingerprint density at radius 2 is 1.65 bits per heavy atom. The van der Waals surface area contributed by atoms with Gasteiger partial charge in [-0.3, -0.25) is 4.79 Å². The number of sulfonamides is 1. The molecule has 0 saturated carbocycles. The maximum Gasteiger partial charge on any atom is 0.243 e. The minimum atomic E-state index is -3.95. The highest BCUT2D eigenvalue weighted by atomic mass is 32.2. The summed E-state index contributed by atoms with van der Waals surface area (Å²) >= 11 is 0. The Morgan fingerprint density at radius 3 is 2.40 bits per heavy atom. The zero-order valence-electron chi connectivity index (χ0n) is 22.9. The second-order valence-corrected chi connectivity index (χ2v) is 12.2. The number of carbonyl (C=O) groups is 1. The molecule has 0 bridgehead atoms. The van der Waals surface area contributed by atoms with E-state index in [-0.39, 0.29) is 22.7 Å². The van der Waals surface area contributed by atoms with E-state index in [1.165, 1.54) is 11.6 Å². The topological polar surface area (TPSA) is 81.8 Å². The molecule has 7 nitrogen and oxygen atoms in total. The Kier molecular flexibility index (Phi) is 8.71. The highest BCUT2D eigenvalue weighted by Gasteiger charge is 2.30. The molecule has 3 aromatic carbocycles. The Labute approximate surface area is 236 Å². The molecule has 1 aliphatic carbocycles. The summed E-state index contributed by atoms with van der Waals surface area (Å²) in [6.07, 6.45) is 4.62.